The number of esters is 1. The summed E-state index contributed by atoms with van der Waals surface area (Å²) in [4.78, 5) is 11.7. The van der Waals surface area contributed by atoms with E-state index >= 15 is 0 Å². The minimum Gasteiger partial charge on any atom is -0.496 e. The number of aryl methyl sites for hydroxylation is 2. The summed E-state index contributed by atoms with van der Waals surface area (Å²) in [6.07, 6.45) is 0. The number of ether oxygens (including phenoxy) is 2. The molecule has 0 aliphatic rings. The summed E-state index contributed by atoms with van der Waals surface area (Å²) >= 11 is 0. The number of carbonyl (C=O) groups excluding carboxylic acids is 1. The molecule has 2 aromatic rings. The summed E-state index contributed by atoms with van der Waals surface area (Å²) in [5.41, 5.74) is 2.98. The molecule has 0 aliphatic carbocycles. The van der Waals surface area contributed by atoms with Crippen LogP contribution in [0.15, 0.2) is 12.1 Å². The highest BCUT2D eigenvalue weighted by Crippen LogP contribution is 2.32. The van der Waals surface area contributed by atoms with Gasteiger partial charge in [0.25, 0.3) is 0 Å². The first-order chi connectivity index (χ1) is 9.04. The lowest BCUT2D eigenvalue weighted by atomic mass is 10.0. The second-order valence-electron chi connectivity index (χ2n) is 4.35. The first-order valence-corrected chi connectivity index (χ1v) is 5.90. The van der Waals surface area contributed by atoms with Gasteiger partial charge in [-0.2, -0.15) is 0 Å². The van der Waals surface area contributed by atoms with Crippen LogP contribution in [0, 0.1) is 6.92 Å². The average Bonchev–Trinajstić information content (AvgIpc) is 2.75. The van der Waals surface area contributed by atoms with Crippen molar-refractivity contribution in [2.75, 3.05) is 14.2 Å². The molecule has 1 N–H and O–H groups in total. The lowest BCUT2D eigenvalue weighted by molar-refractivity contribution is 0.0590. The molecule has 0 bridgehead atoms. The predicted octanol–water partition coefficient (Wildman–Crippen LogP) is 1.77. The summed E-state index contributed by atoms with van der Waals surface area (Å²) < 4.78 is 11.8. The van der Waals surface area contributed by atoms with Crippen LogP contribution >= 0.6 is 0 Å². The maximum absolute atomic E-state index is 11.7. The van der Waals surface area contributed by atoms with Gasteiger partial charge in [0.2, 0.25) is 0 Å². The topological polar surface area (TPSA) is 60.7 Å². The van der Waals surface area contributed by atoms with Gasteiger partial charge in [0.1, 0.15) is 11.4 Å². The second-order valence-corrected chi connectivity index (χ2v) is 4.35. The molecule has 19 heavy (non-hydrogen) atoms. The van der Waals surface area contributed by atoms with Gasteiger partial charge in [-0.3, -0.25) is 0 Å². The third-order valence-electron chi connectivity index (χ3n) is 3.47. The molecule has 0 saturated carbocycles. The third kappa shape index (κ3) is 1.96. The molecule has 0 saturated heterocycles. The van der Waals surface area contributed by atoms with Crippen LogP contribution in [0.25, 0.3) is 10.9 Å². The number of methoxy groups -OCH3 is 2. The molecule has 5 heteroatoms. The highest BCUT2D eigenvalue weighted by molar-refractivity contribution is 5.97. The van der Waals surface area contributed by atoms with E-state index in [1.165, 1.54) is 7.11 Å². The van der Waals surface area contributed by atoms with Crippen molar-refractivity contribution in [2.24, 2.45) is 7.05 Å². The Morgan fingerprint density at radius 1 is 1.37 bits per heavy atom. The largest absolute Gasteiger partial charge is 0.496 e. The van der Waals surface area contributed by atoms with Crippen molar-refractivity contribution >= 4 is 16.9 Å². The summed E-state index contributed by atoms with van der Waals surface area (Å²) in [6.45, 7) is 1.80. The Kier molecular flexibility index (Phi) is 3.48. The second kappa shape index (κ2) is 4.93. The molecule has 0 atom stereocenters. The highest BCUT2D eigenvalue weighted by Gasteiger charge is 2.18. The standard InChI is InChI=1S/C14H17NO4/c1-8-9-5-12(14(17)19-4)15(2)11(9)6-13(18-3)10(8)7-16/h5-6,16H,7H2,1-4H3. The first-order valence-electron chi connectivity index (χ1n) is 5.90. The number of rotatable bonds is 3. The normalized spacial score (nSPS) is 10.8. The molecule has 0 radical (unpaired) electrons. The minimum absolute atomic E-state index is 0.104. The highest BCUT2D eigenvalue weighted by atomic mass is 16.5. The van der Waals surface area contributed by atoms with E-state index in [-0.39, 0.29) is 12.6 Å². The van der Waals surface area contributed by atoms with Crippen LogP contribution in [0.4, 0.5) is 0 Å². The summed E-state index contributed by atoms with van der Waals surface area (Å²) in [7, 11) is 4.71. The van der Waals surface area contributed by atoms with Gasteiger partial charge >= 0.3 is 5.97 Å². The summed E-state index contributed by atoms with van der Waals surface area (Å²) in [5.74, 6) is 0.229. The van der Waals surface area contributed by atoms with E-state index in [4.69, 9.17) is 9.47 Å². The Hall–Kier alpha value is -2.01. The fourth-order valence-electron chi connectivity index (χ4n) is 2.33. The lowest BCUT2D eigenvalue weighted by Gasteiger charge is -2.11. The number of hydrogen-bond donors (Lipinski definition) is 1. The van der Waals surface area contributed by atoms with Crippen molar-refractivity contribution in [3.05, 3.63) is 29.0 Å². The molecule has 1 heterocycles. The number of benzene rings is 1. The molecule has 0 aliphatic heterocycles. The number of hydrogen-bond acceptors (Lipinski definition) is 4. The van der Waals surface area contributed by atoms with Crippen molar-refractivity contribution < 1.29 is 19.4 Å². The van der Waals surface area contributed by atoms with Crippen LogP contribution < -0.4 is 4.74 Å². The fraction of sp³-hybridized carbons (Fsp3) is 0.357. The van der Waals surface area contributed by atoms with Crippen molar-refractivity contribution in [2.45, 2.75) is 13.5 Å². The van der Waals surface area contributed by atoms with Gasteiger partial charge < -0.3 is 19.1 Å². The summed E-state index contributed by atoms with van der Waals surface area (Å²) in [6, 6.07) is 3.59. The van der Waals surface area contributed by atoms with E-state index in [1.54, 1.807) is 24.8 Å². The van der Waals surface area contributed by atoms with Gasteiger partial charge in [0.05, 0.1) is 26.3 Å². The molecule has 2 rings (SSSR count). The van der Waals surface area contributed by atoms with E-state index in [1.807, 2.05) is 13.0 Å². The average molecular weight is 263 g/mol. The van der Waals surface area contributed by atoms with Gasteiger partial charge in [0, 0.05) is 24.1 Å². The Morgan fingerprint density at radius 3 is 2.58 bits per heavy atom. The van der Waals surface area contributed by atoms with E-state index in [9.17, 15) is 9.90 Å². The molecule has 5 nitrogen and oxygen atoms in total. The van der Waals surface area contributed by atoms with Gasteiger partial charge in [0.15, 0.2) is 0 Å². The minimum atomic E-state index is -0.386. The van der Waals surface area contributed by atoms with Gasteiger partial charge in [-0.1, -0.05) is 0 Å². The zero-order valence-electron chi connectivity index (χ0n) is 11.5. The Morgan fingerprint density at radius 2 is 2.05 bits per heavy atom. The number of aromatic nitrogens is 1. The van der Waals surface area contributed by atoms with Crippen LogP contribution in [0.3, 0.4) is 0 Å². The summed E-state index contributed by atoms with van der Waals surface area (Å²) in [5, 5.41) is 10.4. The molecule has 0 unspecified atom stereocenters. The van der Waals surface area contributed by atoms with E-state index in [2.05, 4.69) is 0 Å². The van der Waals surface area contributed by atoms with Gasteiger partial charge in [-0.15, -0.1) is 0 Å². The van der Waals surface area contributed by atoms with Crippen molar-refractivity contribution in [1.82, 2.24) is 4.57 Å². The van der Waals surface area contributed by atoms with Gasteiger partial charge in [-0.25, -0.2) is 4.79 Å². The monoisotopic (exact) mass is 263 g/mol. The molecule has 1 aromatic heterocycles. The number of carbonyl (C=O) groups is 1. The van der Waals surface area contributed by atoms with Crippen LogP contribution in [0.5, 0.6) is 5.75 Å². The number of fused-ring (bicyclic) bond motifs is 1. The van der Waals surface area contributed by atoms with E-state index < -0.39 is 0 Å². The quantitative estimate of drug-likeness (QED) is 0.857. The van der Waals surface area contributed by atoms with Crippen molar-refractivity contribution in [1.29, 1.82) is 0 Å². The van der Waals surface area contributed by atoms with Crippen LogP contribution in [-0.2, 0) is 18.4 Å². The third-order valence-corrected chi connectivity index (χ3v) is 3.47. The molecule has 1 aromatic carbocycles. The maximum atomic E-state index is 11.7. The van der Waals surface area contributed by atoms with Crippen LogP contribution in [0.1, 0.15) is 21.6 Å². The van der Waals surface area contributed by atoms with Crippen molar-refractivity contribution in [3.63, 3.8) is 0 Å². The Balaban J connectivity index is 2.80. The molecular weight excluding hydrogens is 246 g/mol. The Labute approximate surface area is 111 Å². The van der Waals surface area contributed by atoms with E-state index in [0.29, 0.717) is 11.4 Å². The number of nitrogens with zero attached hydrogens (tertiary/aromatic N) is 1. The molecule has 0 spiro atoms. The van der Waals surface area contributed by atoms with Crippen LogP contribution in [0.2, 0.25) is 0 Å². The molecule has 0 fully saturated rings. The fourth-order valence-corrected chi connectivity index (χ4v) is 2.33. The maximum Gasteiger partial charge on any atom is 0.354 e. The number of aliphatic hydroxyl groups is 1. The lowest BCUT2D eigenvalue weighted by Crippen LogP contribution is -2.07. The molecule has 102 valence electrons. The molecular formula is C14H17NO4. The first kappa shape index (κ1) is 13.4. The van der Waals surface area contributed by atoms with Crippen molar-refractivity contribution in [3.8, 4) is 5.75 Å². The predicted molar refractivity (Wildman–Crippen MR) is 71.5 cm³/mol. The SMILES string of the molecule is COC(=O)c1cc2c(C)c(CO)c(OC)cc2n1C. The van der Waals surface area contributed by atoms with E-state index in [0.717, 1.165) is 22.0 Å². The zero-order chi connectivity index (χ0) is 14.2. The zero-order valence-corrected chi connectivity index (χ0v) is 11.5. The van der Waals surface area contributed by atoms with Gasteiger partial charge in [-0.05, 0) is 18.6 Å². The van der Waals surface area contributed by atoms with Crippen LogP contribution in [-0.4, -0.2) is 29.9 Å². The molecule has 0 amide bonds. The number of aliphatic hydroxyl groups excluding tert-OH is 1. The Bertz CT molecular complexity index is 643. The smallest absolute Gasteiger partial charge is 0.354 e.